The van der Waals surface area contributed by atoms with Crippen LogP contribution in [0, 0.1) is 0 Å². The van der Waals surface area contributed by atoms with Crippen LogP contribution in [-0.2, 0) is 14.2 Å². The summed E-state index contributed by atoms with van der Waals surface area (Å²) in [6, 6.07) is 0. The van der Waals surface area contributed by atoms with Crippen LogP contribution >= 0.6 is 11.8 Å². The maximum absolute atomic E-state index is 10.1. The maximum Gasteiger partial charge on any atom is 0.187 e. The second-order valence-corrected chi connectivity index (χ2v) is 6.79. The van der Waals surface area contributed by atoms with Gasteiger partial charge in [0.1, 0.15) is 48.2 Å². The summed E-state index contributed by atoms with van der Waals surface area (Å²) in [5.74, 6) is 0.501. The molecule has 3 saturated heterocycles. The van der Waals surface area contributed by atoms with Crippen molar-refractivity contribution in [2.75, 3.05) is 12.4 Å². The zero-order valence-electron chi connectivity index (χ0n) is 11.5. The molecule has 0 saturated carbocycles. The minimum absolute atomic E-state index is 0.485. The fraction of sp³-hybridized carbons (Fsp3) is 1.00. The van der Waals surface area contributed by atoms with Crippen molar-refractivity contribution in [1.82, 2.24) is 0 Å². The smallest absolute Gasteiger partial charge is 0.187 e. The second kappa shape index (κ2) is 6.48. The van der Waals surface area contributed by atoms with Crippen LogP contribution in [-0.4, -0.2) is 104 Å². The number of aliphatic hydroxyl groups excluding tert-OH is 6. The number of hydrogen-bond donors (Lipinski definition) is 6. The molecule has 6 N–H and O–H groups in total. The first-order valence-electron chi connectivity index (χ1n) is 7.03. The van der Waals surface area contributed by atoms with Gasteiger partial charge >= 0.3 is 0 Å². The van der Waals surface area contributed by atoms with Crippen molar-refractivity contribution in [3.8, 4) is 0 Å². The van der Waals surface area contributed by atoms with E-state index in [0.29, 0.717) is 5.75 Å². The minimum Gasteiger partial charge on any atom is -0.394 e. The quantitative estimate of drug-likeness (QED) is 0.304. The highest BCUT2D eigenvalue weighted by atomic mass is 32.2. The number of rotatable bonds is 3. The van der Waals surface area contributed by atoms with Gasteiger partial charge in [-0.05, 0) is 0 Å². The molecule has 0 unspecified atom stereocenters. The third-order valence-electron chi connectivity index (χ3n) is 4.21. The van der Waals surface area contributed by atoms with E-state index in [-0.39, 0.29) is 0 Å². The lowest BCUT2D eigenvalue weighted by molar-refractivity contribution is -0.334. The summed E-state index contributed by atoms with van der Waals surface area (Å²) in [5.41, 5.74) is -0.519. The molecule has 10 atom stereocenters. The number of thioether (sulfide) groups is 1. The van der Waals surface area contributed by atoms with Crippen molar-refractivity contribution in [3.05, 3.63) is 0 Å². The third kappa shape index (κ3) is 2.77. The Balaban J connectivity index is 1.71. The molecule has 3 aliphatic rings. The summed E-state index contributed by atoms with van der Waals surface area (Å²) in [7, 11) is 0. The molecule has 3 rings (SSSR count). The van der Waals surface area contributed by atoms with Crippen LogP contribution in [0.4, 0.5) is 0 Å². The topological polar surface area (TPSA) is 149 Å². The molecule has 0 aromatic rings. The predicted octanol–water partition coefficient (Wildman–Crippen LogP) is -3.63. The van der Waals surface area contributed by atoms with E-state index in [1.54, 1.807) is 0 Å². The fourth-order valence-corrected chi connectivity index (χ4v) is 4.10. The average molecular weight is 340 g/mol. The highest BCUT2D eigenvalue weighted by Gasteiger charge is 2.52. The van der Waals surface area contributed by atoms with Crippen LogP contribution in [0.15, 0.2) is 0 Å². The first kappa shape index (κ1) is 16.8. The Kier molecular flexibility index (Phi) is 4.95. The molecule has 9 nitrogen and oxygen atoms in total. The van der Waals surface area contributed by atoms with E-state index < -0.39 is 67.2 Å². The molecule has 0 aromatic heterocycles. The van der Waals surface area contributed by atoms with Crippen LogP contribution in [0.1, 0.15) is 0 Å². The lowest BCUT2D eigenvalue weighted by Crippen LogP contribution is -2.62. The molecule has 0 aliphatic carbocycles. The van der Waals surface area contributed by atoms with E-state index in [1.165, 1.54) is 11.8 Å². The summed E-state index contributed by atoms with van der Waals surface area (Å²) < 4.78 is 16.2. The van der Waals surface area contributed by atoms with E-state index in [4.69, 9.17) is 19.3 Å². The van der Waals surface area contributed by atoms with Crippen molar-refractivity contribution < 1.29 is 44.8 Å². The van der Waals surface area contributed by atoms with E-state index >= 15 is 0 Å². The Morgan fingerprint density at radius 1 is 0.909 bits per heavy atom. The van der Waals surface area contributed by atoms with E-state index in [1.807, 2.05) is 0 Å². The maximum atomic E-state index is 10.1. The van der Waals surface area contributed by atoms with Gasteiger partial charge < -0.3 is 44.8 Å². The van der Waals surface area contributed by atoms with Crippen LogP contribution in [0.25, 0.3) is 0 Å². The summed E-state index contributed by atoms with van der Waals surface area (Å²) in [6.07, 6.45) is -10.9. The largest absolute Gasteiger partial charge is 0.394 e. The molecule has 0 spiro atoms. The van der Waals surface area contributed by atoms with E-state index in [9.17, 15) is 25.5 Å². The SMILES string of the molecule is OC[C@H]1O[C@H](O[C@H]2[C@H](O)[C@@H](O)[C@H]3O[C@@H]2CS3)[C@H](O)[C@@H](O)[C@@H]1O. The molecular weight excluding hydrogens is 320 g/mol. The van der Waals surface area contributed by atoms with Crippen molar-refractivity contribution in [3.63, 3.8) is 0 Å². The molecule has 3 fully saturated rings. The summed E-state index contributed by atoms with van der Waals surface area (Å²) in [4.78, 5) is 0. The molecule has 22 heavy (non-hydrogen) atoms. The van der Waals surface area contributed by atoms with Crippen LogP contribution in [0.2, 0.25) is 0 Å². The molecule has 0 aromatic carbocycles. The van der Waals surface area contributed by atoms with Gasteiger partial charge in [0.25, 0.3) is 0 Å². The standard InChI is InChI=1S/C12H20O9S/c13-1-3-5(14)6(15)8(17)11(19-3)21-10-4-2-22-12(20-4)9(18)7(10)16/h3-18H,1-2H2/t3-,4-,5-,6+,7-,8-,9-,10-,11-,12+/m1/s1. The normalized spacial score (nSPS) is 55.4. The summed E-state index contributed by atoms with van der Waals surface area (Å²) >= 11 is 1.35. The highest BCUT2D eigenvalue weighted by molar-refractivity contribution is 8.00. The monoisotopic (exact) mass is 340 g/mol. The summed E-state index contributed by atoms with van der Waals surface area (Å²) in [6.45, 7) is -0.571. The molecule has 3 aliphatic heterocycles. The molecular formula is C12H20O9S. The van der Waals surface area contributed by atoms with Crippen LogP contribution in [0.3, 0.4) is 0 Å². The van der Waals surface area contributed by atoms with Gasteiger partial charge in [0.2, 0.25) is 0 Å². The molecule has 0 radical (unpaired) electrons. The first-order chi connectivity index (χ1) is 10.4. The van der Waals surface area contributed by atoms with Crippen molar-refractivity contribution in [1.29, 1.82) is 0 Å². The van der Waals surface area contributed by atoms with E-state index in [2.05, 4.69) is 0 Å². The third-order valence-corrected chi connectivity index (χ3v) is 5.44. The van der Waals surface area contributed by atoms with Gasteiger partial charge in [0.15, 0.2) is 6.29 Å². The fourth-order valence-electron chi connectivity index (χ4n) is 2.87. The van der Waals surface area contributed by atoms with Gasteiger partial charge in [0, 0.05) is 5.75 Å². The summed E-state index contributed by atoms with van der Waals surface area (Å²) in [5, 5.41) is 58.5. The average Bonchev–Trinajstić information content (AvgIpc) is 2.96. The predicted molar refractivity (Wildman–Crippen MR) is 71.8 cm³/mol. The van der Waals surface area contributed by atoms with Crippen LogP contribution < -0.4 is 0 Å². The number of ether oxygens (including phenoxy) is 3. The van der Waals surface area contributed by atoms with Gasteiger partial charge in [-0.1, -0.05) is 0 Å². The lowest BCUT2D eigenvalue weighted by Gasteiger charge is -2.43. The highest BCUT2D eigenvalue weighted by Crippen LogP contribution is 2.39. The molecule has 128 valence electrons. The Bertz CT molecular complexity index is 397. The van der Waals surface area contributed by atoms with E-state index in [0.717, 1.165) is 0 Å². The Labute approximate surface area is 130 Å². The number of fused-ring (bicyclic) bond motifs is 2. The van der Waals surface area contributed by atoms with Gasteiger partial charge in [-0.2, -0.15) is 0 Å². The molecule has 10 heteroatoms. The Morgan fingerprint density at radius 2 is 1.64 bits per heavy atom. The zero-order chi connectivity index (χ0) is 16.0. The van der Waals surface area contributed by atoms with Gasteiger partial charge in [-0.15, -0.1) is 11.8 Å². The number of hydrogen-bond acceptors (Lipinski definition) is 10. The minimum atomic E-state index is -1.56. The van der Waals surface area contributed by atoms with Gasteiger partial charge in [-0.25, -0.2) is 0 Å². The van der Waals surface area contributed by atoms with Crippen molar-refractivity contribution in [2.24, 2.45) is 0 Å². The number of aliphatic hydroxyl groups is 6. The Morgan fingerprint density at radius 3 is 2.32 bits per heavy atom. The molecule has 3 heterocycles. The zero-order valence-corrected chi connectivity index (χ0v) is 12.3. The van der Waals surface area contributed by atoms with Crippen molar-refractivity contribution in [2.45, 2.75) is 60.6 Å². The van der Waals surface area contributed by atoms with Gasteiger partial charge in [-0.3, -0.25) is 0 Å². The molecule has 2 bridgehead atoms. The lowest BCUT2D eigenvalue weighted by atomic mass is 9.98. The van der Waals surface area contributed by atoms with Gasteiger partial charge in [0.05, 0.1) is 12.7 Å². The first-order valence-corrected chi connectivity index (χ1v) is 8.08. The Hall–Kier alpha value is -0.0100. The molecule has 0 amide bonds. The van der Waals surface area contributed by atoms with Crippen molar-refractivity contribution >= 4 is 11.8 Å². The van der Waals surface area contributed by atoms with Crippen LogP contribution in [0.5, 0.6) is 0 Å². The second-order valence-electron chi connectivity index (χ2n) is 5.66.